The average Bonchev–Trinajstić information content (AvgIpc) is 2.96. The summed E-state index contributed by atoms with van der Waals surface area (Å²) in [5, 5.41) is 12.0. The normalized spacial score (nSPS) is 17.7. The van der Waals surface area contributed by atoms with Crippen molar-refractivity contribution in [1.82, 2.24) is 25.1 Å². The molecule has 0 saturated heterocycles. The highest BCUT2D eigenvalue weighted by Crippen LogP contribution is 2.23. The second-order valence-corrected chi connectivity index (χ2v) is 4.84. The van der Waals surface area contributed by atoms with Gasteiger partial charge in [0.05, 0.1) is 19.3 Å². The molecule has 0 bridgehead atoms. The van der Waals surface area contributed by atoms with E-state index in [0.29, 0.717) is 19.8 Å². The molecule has 1 N–H and O–H groups in total. The molecule has 0 amide bonds. The number of nitrogens with zero attached hydrogens (tertiary/aromatic N) is 4. The molecule has 21 heavy (non-hydrogen) atoms. The van der Waals surface area contributed by atoms with E-state index in [1.807, 2.05) is 18.3 Å². The lowest BCUT2D eigenvalue weighted by Crippen LogP contribution is -2.35. The molecule has 0 fully saturated rings. The Kier molecular flexibility index (Phi) is 4.54. The van der Waals surface area contributed by atoms with Crippen molar-refractivity contribution in [3.63, 3.8) is 0 Å². The fraction of sp³-hybridized carbons (Fsp3) is 0.500. The maximum absolute atomic E-state index is 5.54. The van der Waals surface area contributed by atoms with E-state index >= 15 is 0 Å². The van der Waals surface area contributed by atoms with Crippen LogP contribution in [0.5, 0.6) is 0 Å². The molecular formula is C14H19N5O2. The van der Waals surface area contributed by atoms with Gasteiger partial charge in [-0.2, -0.15) is 0 Å². The lowest BCUT2D eigenvalue weighted by molar-refractivity contribution is 0.0569. The molecule has 7 nitrogen and oxygen atoms in total. The van der Waals surface area contributed by atoms with Crippen molar-refractivity contribution in [2.75, 3.05) is 26.9 Å². The van der Waals surface area contributed by atoms with Gasteiger partial charge in [0.15, 0.2) is 11.6 Å². The van der Waals surface area contributed by atoms with Crippen LogP contribution < -0.4 is 5.32 Å². The van der Waals surface area contributed by atoms with Gasteiger partial charge in [-0.15, -0.1) is 10.2 Å². The van der Waals surface area contributed by atoms with Gasteiger partial charge < -0.3 is 19.4 Å². The molecule has 0 aliphatic carbocycles. The van der Waals surface area contributed by atoms with Gasteiger partial charge >= 0.3 is 0 Å². The Morgan fingerprint density at radius 3 is 3.14 bits per heavy atom. The summed E-state index contributed by atoms with van der Waals surface area (Å²) in [6.45, 7) is 3.32. The van der Waals surface area contributed by atoms with Crippen LogP contribution >= 0.6 is 0 Å². The highest BCUT2D eigenvalue weighted by molar-refractivity contribution is 5.23. The molecule has 112 valence electrons. The largest absolute Gasteiger partial charge is 0.382 e. The first kappa shape index (κ1) is 14.1. The summed E-state index contributed by atoms with van der Waals surface area (Å²) in [6, 6.07) is 4.01. The van der Waals surface area contributed by atoms with E-state index in [1.165, 1.54) is 0 Å². The maximum atomic E-state index is 5.54. The monoisotopic (exact) mass is 289 g/mol. The van der Waals surface area contributed by atoms with Gasteiger partial charge in [0.2, 0.25) is 0 Å². The summed E-state index contributed by atoms with van der Waals surface area (Å²) in [7, 11) is 1.66. The Balaban J connectivity index is 1.76. The second-order valence-electron chi connectivity index (χ2n) is 4.84. The number of pyridine rings is 1. The van der Waals surface area contributed by atoms with E-state index < -0.39 is 0 Å². The van der Waals surface area contributed by atoms with Gasteiger partial charge in [0, 0.05) is 32.6 Å². The van der Waals surface area contributed by atoms with Crippen LogP contribution in [0.15, 0.2) is 24.5 Å². The number of methoxy groups -OCH3 is 1. The van der Waals surface area contributed by atoms with Crippen molar-refractivity contribution >= 4 is 0 Å². The summed E-state index contributed by atoms with van der Waals surface area (Å²) in [4.78, 5) is 4.17. The van der Waals surface area contributed by atoms with Crippen molar-refractivity contribution in [2.45, 2.75) is 19.2 Å². The van der Waals surface area contributed by atoms with Crippen molar-refractivity contribution in [3.8, 4) is 0 Å². The Hall–Kier alpha value is -1.83. The highest BCUT2D eigenvalue weighted by atomic mass is 16.5. The van der Waals surface area contributed by atoms with E-state index in [9.17, 15) is 0 Å². The SMILES string of the molecule is COCCOCc1nnc2n1CCNC2c1cccnc1. The standard InChI is InChI=1S/C14H19N5O2/c1-20-7-8-21-10-12-17-18-14-13(16-5-6-19(12)14)11-3-2-4-15-9-11/h2-4,9,13,16H,5-8,10H2,1H3. The van der Waals surface area contributed by atoms with Gasteiger partial charge in [-0.05, 0) is 11.6 Å². The third-order valence-corrected chi connectivity index (χ3v) is 3.48. The molecule has 0 spiro atoms. The first-order valence-corrected chi connectivity index (χ1v) is 7.02. The van der Waals surface area contributed by atoms with Crippen LogP contribution in [-0.2, 0) is 22.6 Å². The number of aromatic nitrogens is 4. The molecule has 7 heteroatoms. The summed E-state index contributed by atoms with van der Waals surface area (Å²) in [6.07, 6.45) is 3.63. The molecule has 1 unspecified atom stereocenters. The van der Waals surface area contributed by atoms with Crippen molar-refractivity contribution in [2.24, 2.45) is 0 Å². The summed E-state index contributed by atoms with van der Waals surface area (Å²) >= 11 is 0. The molecule has 1 aliphatic heterocycles. The minimum Gasteiger partial charge on any atom is -0.382 e. The van der Waals surface area contributed by atoms with E-state index in [1.54, 1.807) is 13.3 Å². The number of hydrogen-bond acceptors (Lipinski definition) is 6. The Morgan fingerprint density at radius 1 is 1.38 bits per heavy atom. The molecule has 0 aromatic carbocycles. The number of ether oxygens (including phenoxy) is 2. The van der Waals surface area contributed by atoms with Gasteiger partial charge in [-0.25, -0.2) is 0 Å². The van der Waals surface area contributed by atoms with Crippen LogP contribution in [0.25, 0.3) is 0 Å². The summed E-state index contributed by atoms with van der Waals surface area (Å²) in [5.41, 5.74) is 1.10. The second kappa shape index (κ2) is 6.75. The third-order valence-electron chi connectivity index (χ3n) is 3.48. The van der Waals surface area contributed by atoms with Gasteiger partial charge in [0.25, 0.3) is 0 Å². The van der Waals surface area contributed by atoms with Crippen LogP contribution in [0.1, 0.15) is 23.3 Å². The third kappa shape index (κ3) is 3.10. The number of rotatable bonds is 6. The van der Waals surface area contributed by atoms with Gasteiger partial charge in [-0.1, -0.05) is 6.07 Å². The fourth-order valence-corrected chi connectivity index (χ4v) is 2.44. The van der Waals surface area contributed by atoms with Crippen LogP contribution in [0.2, 0.25) is 0 Å². The molecule has 0 saturated carbocycles. The molecule has 3 rings (SSSR count). The molecule has 1 aliphatic rings. The lowest BCUT2D eigenvalue weighted by atomic mass is 10.1. The number of fused-ring (bicyclic) bond motifs is 1. The van der Waals surface area contributed by atoms with Crippen molar-refractivity contribution in [1.29, 1.82) is 0 Å². The predicted molar refractivity (Wildman–Crippen MR) is 75.6 cm³/mol. The molecule has 2 aromatic rings. The highest BCUT2D eigenvalue weighted by Gasteiger charge is 2.26. The van der Waals surface area contributed by atoms with E-state index in [0.717, 1.165) is 30.3 Å². The zero-order chi connectivity index (χ0) is 14.5. The first-order valence-electron chi connectivity index (χ1n) is 7.02. The molecule has 2 aromatic heterocycles. The first-order chi connectivity index (χ1) is 10.4. The van der Waals surface area contributed by atoms with Crippen molar-refractivity contribution < 1.29 is 9.47 Å². The van der Waals surface area contributed by atoms with Crippen LogP contribution in [-0.4, -0.2) is 46.6 Å². The Morgan fingerprint density at radius 2 is 2.33 bits per heavy atom. The van der Waals surface area contributed by atoms with E-state index in [2.05, 4.69) is 25.1 Å². The van der Waals surface area contributed by atoms with E-state index in [4.69, 9.17) is 9.47 Å². The van der Waals surface area contributed by atoms with Gasteiger partial charge in [0.1, 0.15) is 6.61 Å². The van der Waals surface area contributed by atoms with E-state index in [-0.39, 0.29) is 6.04 Å². The minimum atomic E-state index is 0.0349. The summed E-state index contributed by atoms with van der Waals surface area (Å²) < 4.78 is 12.6. The smallest absolute Gasteiger partial charge is 0.159 e. The zero-order valence-electron chi connectivity index (χ0n) is 12.0. The molecule has 1 atom stereocenters. The lowest BCUT2D eigenvalue weighted by Gasteiger charge is -2.25. The quantitative estimate of drug-likeness (QED) is 0.782. The fourth-order valence-electron chi connectivity index (χ4n) is 2.44. The zero-order valence-corrected chi connectivity index (χ0v) is 12.0. The average molecular weight is 289 g/mol. The topological polar surface area (TPSA) is 74.1 Å². The van der Waals surface area contributed by atoms with Crippen LogP contribution in [0.4, 0.5) is 0 Å². The summed E-state index contributed by atoms with van der Waals surface area (Å²) in [5.74, 6) is 1.77. The number of hydrogen-bond donors (Lipinski definition) is 1. The Bertz CT molecular complexity index is 572. The molecule has 3 heterocycles. The predicted octanol–water partition coefficient (Wildman–Crippen LogP) is 0.529. The van der Waals surface area contributed by atoms with Crippen LogP contribution in [0.3, 0.4) is 0 Å². The van der Waals surface area contributed by atoms with Crippen molar-refractivity contribution in [3.05, 3.63) is 41.7 Å². The van der Waals surface area contributed by atoms with Crippen LogP contribution in [0, 0.1) is 0 Å². The number of nitrogens with one attached hydrogen (secondary N) is 1. The minimum absolute atomic E-state index is 0.0349. The van der Waals surface area contributed by atoms with Gasteiger partial charge in [-0.3, -0.25) is 4.98 Å². The molecular weight excluding hydrogens is 270 g/mol. The molecule has 0 radical (unpaired) electrons. The maximum Gasteiger partial charge on any atom is 0.159 e. The Labute approximate surface area is 123 Å².